The third kappa shape index (κ3) is 1.89. The zero-order valence-corrected chi connectivity index (χ0v) is 9.72. The van der Waals surface area contributed by atoms with Crippen molar-refractivity contribution in [1.29, 1.82) is 0 Å². The van der Waals surface area contributed by atoms with E-state index in [1.807, 2.05) is 0 Å². The molecular formula is C10H15N3O5. The molecule has 1 saturated heterocycles. The van der Waals surface area contributed by atoms with Crippen LogP contribution in [0.1, 0.15) is 13.2 Å². The average Bonchev–Trinajstić information content (AvgIpc) is 2.55. The van der Waals surface area contributed by atoms with E-state index in [4.69, 9.17) is 10.5 Å². The molecule has 100 valence electrons. The van der Waals surface area contributed by atoms with E-state index < -0.39 is 36.3 Å². The third-order valence-corrected chi connectivity index (χ3v) is 3.07. The number of nitrogens with zero attached hydrogens (tertiary/aromatic N) is 2. The molecule has 8 heteroatoms. The SMILES string of the molecule is C[C@]1(CO)OC(n2ccc(N)nc2=O)[C@H](O)[C@@H]1O. The molecule has 1 unspecified atom stereocenters. The van der Waals surface area contributed by atoms with Gasteiger partial charge in [0, 0.05) is 6.20 Å². The van der Waals surface area contributed by atoms with E-state index in [1.54, 1.807) is 0 Å². The monoisotopic (exact) mass is 257 g/mol. The van der Waals surface area contributed by atoms with Crippen LogP contribution in [0.4, 0.5) is 5.82 Å². The fourth-order valence-electron chi connectivity index (χ4n) is 1.90. The Balaban J connectivity index is 2.38. The van der Waals surface area contributed by atoms with Crippen LogP contribution in [-0.2, 0) is 4.74 Å². The van der Waals surface area contributed by atoms with Crippen LogP contribution in [0.3, 0.4) is 0 Å². The van der Waals surface area contributed by atoms with Gasteiger partial charge >= 0.3 is 5.69 Å². The zero-order valence-electron chi connectivity index (χ0n) is 9.72. The van der Waals surface area contributed by atoms with Gasteiger partial charge in [0.2, 0.25) is 0 Å². The molecule has 8 nitrogen and oxygen atoms in total. The highest BCUT2D eigenvalue weighted by Crippen LogP contribution is 2.35. The van der Waals surface area contributed by atoms with Crippen molar-refractivity contribution in [2.45, 2.75) is 31.0 Å². The van der Waals surface area contributed by atoms with Crippen molar-refractivity contribution in [3.05, 3.63) is 22.7 Å². The molecule has 4 atom stereocenters. The van der Waals surface area contributed by atoms with Gasteiger partial charge in [-0.2, -0.15) is 4.98 Å². The average molecular weight is 257 g/mol. The highest BCUT2D eigenvalue weighted by Gasteiger charge is 2.51. The number of aromatic nitrogens is 2. The van der Waals surface area contributed by atoms with Crippen LogP contribution >= 0.6 is 0 Å². The minimum Gasteiger partial charge on any atom is -0.393 e. The molecule has 1 aliphatic heterocycles. The Morgan fingerprint density at radius 2 is 2.28 bits per heavy atom. The molecule has 18 heavy (non-hydrogen) atoms. The van der Waals surface area contributed by atoms with Gasteiger partial charge in [-0.05, 0) is 13.0 Å². The van der Waals surface area contributed by atoms with E-state index in [-0.39, 0.29) is 5.82 Å². The Kier molecular flexibility index (Phi) is 3.11. The number of hydrogen-bond donors (Lipinski definition) is 4. The van der Waals surface area contributed by atoms with Gasteiger partial charge in [0.15, 0.2) is 6.23 Å². The molecule has 2 heterocycles. The van der Waals surface area contributed by atoms with Crippen molar-refractivity contribution in [3.63, 3.8) is 0 Å². The normalized spacial score (nSPS) is 35.9. The molecule has 0 aromatic carbocycles. The molecule has 1 aromatic rings. The van der Waals surface area contributed by atoms with Crippen LogP contribution in [0.2, 0.25) is 0 Å². The summed E-state index contributed by atoms with van der Waals surface area (Å²) >= 11 is 0. The standard InChI is InChI=1S/C10H15N3O5/c1-10(4-14)7(16)6(15)8(18-10)13-3-2-5(11)12-9(13)17/h2-3,6-8,14-16H,4H2,1H3,(H2,11,12,17)/t6-,7+,8?,10-/m1/s1. The van der Waals surface area contributed by atoms with Gasteiger partial charge in [0.25, 0.3) is 0 Å². The summed E-state index contributed by atoms with van der Waals surface area (Å²) < 4.78 is 6.38. The van der Waals surface area contributed by atoms with Gasteiger partial charge in [-0.1, -0.05) is 0 Å². The fourth-order valence-corrected chi connectivity index (χ4v) is 1.90. The summed E-state index contributed by atoms with van der Waals surface area (Å²) in [5.74, 6) is 0.0502. The fraction of sp³-hybridized carbons (Fsp3) is 0.600. The van der Waals surface area contributed by atoms with E-state index >= 15 is 0 Å². The van der Waals surface area contributed by atoms with Crippen LogP contribution in [0.15, 0.2) is 17.1 Å². The van der Waals surface area contributed by atoms with Crippen molar-refractivity contribution in [2.24, 2.45) is 0 Å². The van der Waals surface area contributed by atoms with Crippen molar-refractivity contribution >= 4 is 5.82 Å². The maximum atomic E-state index is 11.6. The van der Waals surface area contributed by atoms with E-state index in [0.717, 1.165) is 4.57 Å². The molecule has 1 aromatic heterocycles. The molecule has 0 radical (unpaired) electrons. The van der Waals surface area contributed by atoms with Crippen LogP contribution < -0.4 is 11.4 Å². The van der Waals surface area contributed by atoms with E-state index in [0.29, 0.717) is 0 Å². The molecular weight excluding hydrogens is 242 g/mol. The first-order chi connectivity index (χ1) is 8.39. The molecule has 0 amide bonds. The Labute approximate surface area is 102 Å². The highest BCUT2D eigenvalue weighted by atomic mass is 16.6. The molecule has 1 aliphatic rings. The topological polar surface area (TPSA) is 131 Å². The number of ether oxygens (including phenoxy) is 1. The van der Waals surface area contributed by atoms with E-state index in [2.05, 4.69) is 4.98 Å². The van der Waals surface area contributed by atoms with Gasteiger partial charge in [0.1, 0.15) is 23.6 Å². The van der Waals surface area contributed by atoms with Gasteiger partial charge < -0.3 is 25.8 Å². The summed E-state index contributed by atoms with van der Waals surface area (Å²) in [6.07, 6.45) is -2.45. The first-order valence-electron chi connectivity index (χ1n) is 5.38. The predicted molar refractivity (Wildman–Crippen MR) is 60.5 cm³/mol. The first kappa shape index (κ1) is 13.0. The summed E-state index contributed by atoms with van der Waals surface area (Å²) in [5, 5.41) is 28.8. The number of rotatable bonds is 2. The summed E-state index contributed by atoms with van der Waals surface area (Å²) in [6.45, 7) is 0.954. The summed E-state index contributed by atoms with van der Waals surface area (Å²) in [4.78, 5) is 15.1. The van der Waals surface area contributed by atoms with Crippen LogP contribution in [0.5, 0.6) is 0 Å². The Morgan fingerprint density at radius 3 is 2.78 bits per heavy atom. The number of aliphatic hydroxyl groups excluding tert-OH is 3. The Morgan fingerprint density at radius 1 is 1.61 bits per heavy atom. The molecule has 0 bridgehead atoms. The quantitative estimate of drug-likeness (QED) is 0.474. The van der Waals surface area contributed by atoms with E-state index in [1.165, 1.54) is 19.2 Å². The Bertz CT molecular complexity index is 505. The Hall–Kier alpha value is -1.48. The lowest BCUT2D eigenvalue weighted by Gasteiger charge is -2.24. The molecule has 2 rings (SSSR count). The number of nitrogen functional groups attached to an aromatic ring is 1. The van der Waals surface area contributed by atoms with Crippen LogP contribution in [-0.4, -0.2) is 49.3 Å². The first-order valence-corrected chi connectivity index (χ1v) is 5.38. The smallest absolute Gasteiger partial charge is 0.351 e. The number of nitrogens with two attached hydrogens (primary N) is 1. The number of hydrogen-bond acceptors (Lipinski definition) is 7. The summed E-state index contributed by atoms with van der Waals surface area (Å²) in [7, 11) is 0. The maximum absolute atomic E-state index is 11.6. The minimum atomic E-state index is -1.34. The van der Waals surface area contributed by atoms with Gasteiger partial charge in [-0.15, -0.1) is 0 Å². The second-order valence-electron chi connectivity index (χ2n) is 4.46. The minimum absolute atomic E-state index is 0.0502. The molecule has 0 saturated carbocycles. The highest BCUT2D eigenvalue weighted by molar-refractivity contribution is 5.23. The second-order valence-corrected chi connectivity index (χ2v) is 4.46. The van der Waals surface area contributed by atoms with E-state index in [9.17, 15) is 20.1 Å². The molecule has 1 fully saturated rings. The molecule has 0 spiro atoms. The van der Waals surface area contributed by atoms with Crippen molar-refractivity contribution in [2.75, 3.05) is 12.3 Å². The van der Waals surface area contributed by atoms with Crippen molar-refractivity contribution in [1.82, 2.24) is 9.55 Å². The second kappa shape index (κ2) is 4.32. The summed E-state index contributed by atoms with van der Waals surface area (Å²) in [5.41, 5.74) is 3.32. The maximum Gasteiger partial charge on any atom is 0.351 e. The van der Waals surface area contributed by atoms with Crippen molar-refractivity contribution < 1.29 is 20.1 Å². The van der Waals surface area contributed by atoms with Gasteiger partial charge in [-0.25, -0.2) is 4.79 Å². The lowest BCUT2D eigenvalue weighted by Crippen LogP contribution is -2.43. The third-order valence-electron chi connectivity index (χ3n) is 3.07. The summed E-state index contributed by atoms with van der Waals surface area (Å²) in [6, 6.07) is 1.37. The van der Waals surface area contributed by atoms with Gasteiger partial charge in [-0.3, -0.25) is 4.57 Å². The largest absolute Gasteiger partial charge is 0.393 e. The van der Waals surface area contributed by atoms with Crippen LogP contribution in [0, 0.1) is 0 Å². The van der Waals surface area contributed by atoms with Gasteiger partial charge in [0.05, 0.1) is 6.61 Å². The van der Waals surface area contributed by atoms with Crippen molar-refractivity contribution in [3.8, 4) is 0 Å². The number of aliphatic hydroxyl groups is 3. The molecule has 5 N–H and O–H groups in total. The number of anilines is 1. The molecule has 0 aliphatic carbocycles. The van der Waals surface area contributed by atoms with Crippen LogP contribution in [0.25, 0.3) is 0 Å². The lowest BCUT2D eigenvalue weighted by atomic mass is 9.99. The predicted octanol–water partition coefficient (Wildman–Crippen LogP) is -2.17. The zero-order chi connectivity index (χ0) is 13.5. The lowest BCUT2D eigenvalue weighted by molar-refractivity contribution is -0.117.